The van der Waals surface area contributed by atoms with Crippen LogP contribution in [0.1, 0.15) is 13.3 Å². The van der Waals surface area contributed by atoms with Crippen LogP contribution < -0.4 is 31.9 Å². The molecular weight excluding hydrogens is 1690 g/mol. The second-order valence-electron chi connectivity index (χ2n) is 15.6. The second kappa shape index (κ2) is 37.7. The van der Waals surface area contributed by atoms with Crippen molar-refractivity contribution in [3.8, 4) is 0 Å². The van der Waals surface area contributed by atoms with E-state index in [1.807, 2.05) is 50.8 Å². The van der Waals surface area contributed by atoms with Gasteiger partial charge in [-0.3, -0.25) is 0 Å². The fourth-order valence-electron chi connectivity index (χ4n) is 5.37. The third-order valence-electron chi connectivity index (χ3n) is 8.72. The lowest BCUT2D eigenvalue weighted by Gasteiger charge is -2.20. The minimum Gasteiger partial charge on any atom is -0.396 e. The van der Waals surface area contributed by atoms with Crippen molar-refractivity contribution >= 4 is 220 Å². The van der Waals surface area contributed by atoms with Gasteiger partial charge in [-0.25, -0.2) is 39.9 Å². The van der Waals surface area contributed by atoms with Crippen molar-refractivity contribution in [2.45, 2.75) is 56.3 Å². The van der Waals surface area contributed by atoms with Gasteiger partial charge >= 0.3 is 24.7 Å². The summed E-state index contributed by atoms with van der Waals surface area (Å²) < 4.78 is 144. The minimum atomic E-state index is -4.44. The van der Waals surface area contributed by atoms with E-state index in [0.29, 0.717) is 18.1 Å². The number of anilines is 6. The molecule has 0 radical (unpaired) electrons. The number of nitrogens with one attached hydrogen (secondary N) is 6. The lowest BCUT2D eigenvalue weighted by molar-refractivity contribution is -0.116. The molecule has 0 bridgehead atoms. The predicted octanol–water partition coefficient (Wildman–Crippen LogP) is 14.8. The van der Waals surface area contributed by atoms with Gasteiger partial charge in [-0.1, -0.05) is 116 Å². The van der Waals surface area contributed by atoms with Gasteiger partial charge in [0.15, 0.2) is 0 Å². The molecule has 6 aromatic rings. The molecule has 9 N–H and O–H groups in total. The van der Waals surface area contributed by atoms with Crippen LogP contribution in [0.5, 0.6) is 0 Å². The summed E-state index contributed by atoms with van der Waals surface area (Å²) in [6, 6.07) is 4.85. The first kappa shape index (κ1) is 80.4. The van der Waals surface area contributed by atoms with Gasteiger partial charge < -0.3 is 47.2 Å². The van der Waals surface area contributed by atoms with Gasteiger partial charge in [0, 0.05) is 43.3 Å². The molecule has 6 heterocycles. The number of hydrogen-bond donors (Lipinski definition) is 9. The summed E-state index contributed by atoms with van der Waals surface area (Å²) in [7, 11) is 0. The Morgan fingerprint density at radius 3 is 1.06 bits per heavy atom. The van der Waals surface area contributed by atoms with Crippen LogP contribution in [0.3, 0.4) is 0 Å². The Kier molecular flexibility index (Phi) is 34.8. The number of alkyl halides is 12. The number of hydrogen-bond acceptors (Lipinski definition) is 21. The van der Waals surface area contributed by atoms with Gasteiger partial charge in [0.25, 0.3) is 0 Å². The Balaban J connectivity index is 0.000000366. The van der Waals surface area contributed by atoms with E-state index < -0.39 is 75.1 Å². The zero-order valence-corrected chi connectivity index (χ0v) is 55.5. The van der Waals surface area contributed by atoms with Crippen LogP contribution in [-0.4, -0.2) is 157 Å². The molecule has 47 heteroatoms. The lowest BCUT2D eigenvalue weighted by atomic mass is 10.1. The lowest BCUT2D eigenvalue weighted by Crippen LogP contribution is -2.36. The van der Waals surface area contributed by atoms with E-state index in [2.05, 4.69) is 70.4 Å². The Hall–Kier alpha value is -2.74. The highest BCUT2D eigenvalue weighted by Gasteiger charge is 2.41. The summed E-state index contributed by atoms with van der Waals surface area (Å²) in [6.45, 7) is -2.57. The number of aromatic nitrogens is 12. The Bertz CT molecular complexity index is 2950. The van der Waals surface area contributed by atoms with Crippen molar-refractivity contribution in [1.82, 2.24) is 59.8 Å². The summed E-state index contributed by atoms with van der Waals surface area (Å²) in [5, 5.41) is 43.7. The maximum Gasteiger partial charge on any atom is 0.405 e. The standard InChI is InChI=1S/C12H15ClF3IN4O3.C6H3Cl2F3IN3.2C6H4Cl2F3N3.C6H7Cl2N3.C4HCl3N2/c13-9-6(17)10(21-11(20-9)18-3-12(14,15)16)19-5-1-4(2-22)7(23)8(5)24;7-3-2(12)4(8)15-5(14-3)13-1-6(9,10)11;2*7-3-1-4(8)14-5(13-3)12-2-6(9,10)11;1-2-9-5-3-4(7)10-6(8)11-5;5-2-1-3(6)9-4(7)8-2/h4-5,7-8,22-24H,1-3H2,(H2,18,19,20,21);1H2,(H,13,14,15);2*1H,2H2,(H,12,13,14);3H,2H2,1H3,(H,9,10,11);1H/t4-,5-,7-,8+;;;;;/m1...../s1. The zero-order chi connectivity index (χ0) is 66.4. The van der Waals surface area contributed by atoms with Crippen LogP contribution in [0.25, 0.3) is 0 Å². The van der Waals surface area contributed by atoms with Crippen molar-refractivity contribution in [3.63, 3.8) is 0 Å². The van der Waals surface area contributed by atoms with Gasteiger partial charge in [-0.15, -0.1) is 0 Å². The van der Waals surface area contributed by atoms with E-state index in [0.717, 1.165) is 6.54 Å². The molecular formula is C40H34Cl12F12I2N18O3. The summed E-state index contributed by atoms with van der Waals surface area (Å²) in [5.41, 5.74) is 0. The molecule has 87 heavy (non-hydrogen) atoms. The van der Waals surface area contributed by atoms with E-state index in [4.69, 9.17) is 144 Å². The highest BCUT2D eigenvalue weighted by molar-refractivity contribution is 14.1. The quantitative estimate of drug-likeness (QED) is 0.0225. The van der Waals surface area contributed by atoms with Crippen molar-refractivity contribution < 1.29 is 68.0 Å². The number of aliphatic hydroxyl groups is 3. The molecule has 1 fully saturated rings. The molecule has 1 aliphatic carbocycles. The number of rotatable bonds is 13. The van der Waals surface area contributed by atoms with Gasteiger partial charge in [0.2, 0.25) is 34.4 Å². The molecule has 1 aliphatic rings. The Morgan fingerprint density at radius 1 is 0.437 bits per heavy atom. The molecule has 1 saturated carbocycles. The fraction of sp³-hybridized carbons (Fsp3) is 0.400. The number of aliphatic hydroxyl groups excluding tert-OH is 3. The van der Waals surface area contributed by atoms with E-state index >= 15 is 0 Å². The van der Waals surface area contributed by atoms with Gasteiger partial charge in [-0.05, 0) is 81.7 Å². The second-order valence-corrected chi connectivity index (χ2v) is 22.2. The molecule has 0 aromatic carbocycles. The average molecular weight is 1720 g/mol. The van der Waals surface area contributed by atoms with Gasteiger partial charge in [0.1, 0.15) is 95.4 Å². The van der Waals surface area contributed by atoms with Crippen LogP contribution >= 0.6 is 184 Å². The normalized spacial score (nSPS) is 15.5. The summed E-state index contributed by atoms with van der Waals surface area (Å²) in [5.74, 6) is -0.780. The molecule has 6 aromatic heterocycles. The van der Waals surface area contributed by atoms with Crippen LogP contribution in [0.4, 0.5) is 88.1 Å². The summed E-state index contributed by atoms with van der Waals surface area (Å²) in [6.07, 6.45) is -19.4. The van der Waals surface area contributed by atoms with Crippen molar-refractivity contribution in [3.05, 3.63) is 93.5 Å². The first-order valence-corrected chi connectivity index (χ1v) is 29.0. The summed E-state index contributed by atoms with van der Waals surface area (Å²) in [4.78, 5) is 43.5. The third kappa shape index (κ3) is 34.5. The molecule has 0 amide bonds. The summed E-state index contributed by atoms with van der Waals surface area (Å²) >= 11 is 69.9. The van der Waals surface area contributed by atoms with Crippen LogP contribution in [0.2, 0.25) is 62.1 Å². The molecule has 0 saturated heterocycles. The highest BCUT2D eigenvalue weighted by Crippen LogP contribution is 2.33. The molecule has 0 aliphatic heterocycles. The molecule has 0 unspecified atom stereocenters. The first-order valence-electron chi connectivity index (χ1n) is 22.3. The molecule has 484 valence electrons. The van der Waals surface area contributed by atoms with Crippen LogP contribution in [0, 0.1) is 13.1 Å². The van der Waals surface area contributed by atoms with Crippen molar-refractivity contribution in [1.29, 1.82) is 0 Å². The van der Waals surface area contributed by atoms with Gasteiger partial charge in [0.05, 0.1) is 19.3 Å². The molecule has 4 atom stereocenters. The minimum absolute atomic E-state index is 0.0141. The Morgan fingerprint density at radius 2 is 0.747 bits per heavy atom. The highest BCUT2D eigenvalue weighted by atomic mass is 127. The first-order chi connectivity index (χ1) is 40.0. The number of halogens is 26. The smallest absolute Gasteiger partial charge is 0.396 e. The van der Waals surface area contributed by atoms with Crippen LogP contribution in [-0.2, 0) is 0 Å². The largest absolute Gasteiger partial charge is 0.405 e. The molecule has 7 rings (SSSR count). The SMILES string of the molecule is CCNc1cc(Cl)nc(Cl)n1.Clc1cc(Cl)nc(Cl)n1.FC(F)(F)CNc1nc(Cl)c(I)c(Cl)n1.FC(F)(F)CNc1nc(Cl)cc(Cl)n1.FC(F)(F)CNc1nc(Cl)cc(Cl)n1.OC[C@H]1C[C@@H](Nc2nc(NCC(F)(F)F)nc(Cl)c2I)[C@H](O)[C@@H]1O. The zero-order valence-electron chi connectivity index (χ0n) is 42.1. The molecule has 0 spiro atoms. The van der Waals surface area contributed by atoms with E-state index in [-0.39, 0.29) is 99.6 Å². The van der Waals surface area contributed by atoms with Crippen LogP contribution in [0.15, 0.2) is 24.3 Å². The van der Waals surface area contributed by atoms with E-state index in [1.54, 1.807) is 28.7 Å². The van der Waals surface area contributed by atoms with Crippen molar-refractivity contribution in [2.24, 2.45) is 5.92 Å². The average Bonchev–Trinajstić information content (AvgIpc) is 2.27. The van der Waals surface area contributed by atoms with E-state index in [9.17, 15) is 62.9 Å². The maximum absolute atomic E-state index is 12.3. The number of nitrogens with zero attached hydrogens (tertiary/aromatic N) is 12. The van der Waals surface area contributed by atoms with Gasteiger partial charge in [-0.2, -0.15) is 72.6 Å². The monoisotopic (exact) mass is 1720 g/mol. The Labute approximate surface area is 569 Å². The predicted molar refractivity (Wildman–Crippen MR) is 325 cm³/mol. The fourth-order valence-corrected chi connectivity index (χ4v) is 8.51. The molecule has 21 nitrogen and oxygen atoms in total. The van der Waals surface area contributed by atoms with Crippen molar-refractivity contribution in [2.75, 3.05) is 71.2 Å². The van der Waals surface area contributed by atoms with E-state index in [1.165, 1.54) is 18.2 Å². The third-order valence-corrected chi connectivity index (χ3v) is 14.2. The topological polar surface area (TPSA) is 288 Å². The maximum atomic E-state index is 12.3.